The molecule has 1 amide bonds. The molecule has 36 heavy (non-hydrogen) atoms. The van der Waals surface area contributed by atoms with Crippen LogP contribution in [0.1, 0.15) is 43.5 Å². The first-order valence-corrected chi connectivity index (χ1v) is 12.7. The Morgan fingerprint density at radius 2 is 1.81 bits per heavy atom. The maximum Gasteiger partial charge on any atom is 0.295 e. The number of nitrogens with zero attached hydrogens (tertiary/aromatic N) is 2. The average Bonchev–Trinajstić information content (AvgIpc) is 3.39. The van der Waals surface area contributed by atoms with Gasteiger partial charge in [-0.15, -0.1) is 0 Å². The van der Waals surface area contributed by atoms with Crippen LogP contribution in [0.4, 0.5) is 0 Å². The zero-order chi connectivity index (χ0) is 25.4. The summed E-state index contributed by atoms with van der Waals surface area (Å²) in [6, 6.07) is 18.6. The predicted molar refractivity (Wildman–Crippen MR) is 141 cm³/mol. The standard InChI is InChI=1S/C30H32N2O4/c1-4-31(5-2)15-16-32-27(24-12-8-10-20-9-6-7-11-23(20)24)26(29(34)30(32)35)28(33)21-13-14-25-22(18-21)17-19(3)36-25/h6-14,18-19,27,33H,4-5,15-17H2,1-3H3/b28-26+. The lowest BCUT2D eigenvalue weighted by Crippen LogP contribution is -2.38. The second kappa shape index (κ2) is 9.78. The number of fused-ring (bicyclic) bond motifs is 2. The SMILES string of the molecule is CCN(CC)CCN1C(=O)C(=O)/C(=C(/O)c2ccc3c(c2)CC(C)O3)C1c1cccc2ccccc12. The van der Waals surface area contributed by atoms with E-state index >= 15 is 0 Å². The summed E-state index contributed by atoms with van der Waals surface area (Å²) in [4.78, 5) is 30.7. The smallest absolute Gasteiger partial charge is 0.295 e. The number of aliphatic hydroxyl groups excluding tert-OH is 1. The summed E-state index contributed by atoms with van der Waals surface area (Å²) in [5, 5.41) is 13.5. The van der Waals surface area contributed by atoms with Crippen LogP contribution in [-0.4, -0.2) is 58.9 Å². The van der Waals surface area contributed by atoms with Crippen LogP contribution >= 0.6 is 0 Å². The number of hydrogen-bond donors (Lipinski definition) is 1. The highest BCUT2D eigenvalue weighted by molar-refractivity contribution is 6.46. The van der Waals surface area contributed by atoms with Crippen molar-refractivity contribution in [3.63, 3.8) is 0 Å². The van der Waals surface area contributed by atoms with Gasteiger partial charge in [0, 0.05) is 25.1 Å². The molecule has 1 N–H and O–H groups in total. The summed E-state index contributed by atoms with van der Waals surface area (Å²) in [6.45, 7) is 8.92. The molecular formula is C30H32N2O4. The minimum atomic E-state index is -0.671. The zero-order valence-corrected chi connectivity index (χ0v) is 21.0. The lowest BCUT2D eigenvalue weighted by atomic mass is 9.91. The quantitative estimate of drug-likeness (QED) is 0.293. The van der Waals surface area contributed by atoms with Gasteiger partial charge in [0.25, 0.3) is 11.7 Å². The summed E-state index contributed by atoms with van der Waals surface area (Å²) in [6.07, 6.45) is 0.806. The van der Waals surface area contributed by atoms with Crippen LogP contribution < -0.4 is 4.74 Å². The van der Waals surface area contributed by atoms with Gasteiger partial charge < -0.3 is 19.6 Å². The van der Waals surface area contributed by atoms with E-state index in [1.807, 2.05) is 61.5 Å². The summed E-state index contributed by atoms with van der Waals surface area (Å²) >= 11 is 0. The first kappa shape index (κ1) is 24.1. The van der Waals surface area contributed by atoms with Crippen LogP contribution in [-0.2, 0) is 16.0 Å². The van der Waals surface area contributed by atoms with Crippen LogP contribution in [0, 0.1) is 0 Å². The van der Waals surface area contributed by atoms with Gasteiger partial charge in [-0.25, -0.2) is 0 Å². The van der Waals surface area contributed by atoms with Crippen molar-refractivity contribution in [1.29, 1.82) is 0 Å². The highest BCUT2D eigenvalue weighted by Crippen LogP contribution is 2.42. The van der Waals surface area contributed by atoms with Crippen molar-refractivity contribution in [3.8, 4) is 5.75 Å². The molecule has 0 spiro atoms. The van der Waals surface area contributed by atoms with Crippen LogP contribution in [0.3, 0.4) is 0 Å². The Bertz CT molecular complexity index is 1350. The Morgan fingerprint density at radius 3 is 2.58 bits per heavy atom. The van der Waals surface area contributed by atoms with Gasteiger partial charge in [0.2, 0.25) is 0 Å². The van der Waals surface area contributed by atoms with E-state index in [0.29, 0.717) is 18.7 Å². The molecule has 6 heteroatoms. The van der Waals surface area contributed by atoms with Gasteiger partial charge in [0.15, 0.2) is 0 Å². The normalized spacial score (nSPS) is 20.8. The monoisotopic (exact) mass is 484 g/mol. The van der Waals surface area contributed by atoms with Crippen LogP contribution in [0.5, 0.6) is 5.75 Å². The van der Waals surface area contributed by atoms with Crippen molar-refractivity contribution >= 4 is 28.2 Å². The summed E-state index contributed by atoms with van der Waals surface area (Å²) in [7, 11) is 0. The number of rotatable bonds is 7. The van der Waals surface area contributed by atoms with Crippen LogP contribution in [0.2, 0.25) is 0 Å². The molecule has 2 heterocycles. The molecule has 0 aliphatic carbocycles. The molecular weight excluding hydrogens is 452 g/mol. The fourth-order valence-electron chi connectivity index (χ4n) is 5.44. The number of carbonyl (C=O) groups is 2. The van der Waals surface area contributed by atoms with Crippen LogP contribution in [0.25, 0.3) is 16.5 Å². The lowest BCUT2D eigenvalue weighted by molar-refractivity contribution is -0.140. The lowest BCUT2D eigenvalue weighted by Gasteiger charge is -2.29. The van der Waals surface area contributed by atoms with E-state index in [4.69, 9.17) is 4.74 Å². The number of carbonyl (C=O) groups excluding carboxylic acids is 2. The fourth-order valence-corrected chi connectivity index (χ4v) is 5.44. The van der Waals surface area contributed by atoms with Gasteiger partial charge in [-0.2, -0.15) is 0 Å². The molecule has 186 valence electrons. The fraction of sp³-hybridized carbons (Fsp3) is 0.333. The van der Waals surface area contributed by atoms with Crippen molar-refractivity contribution < 1.29 is 19.4 Å². The number of ketones is 1. The number of benzene rings is 3. The average molecular weight is 485 g/mol. The topological polar surface area (TPSA) is 70.1 Å². The molecule has 3 aromatic carbocycles. The Morgan fingerprint density at radius 1 is 1.06 bits per heavy atom. The third-order valence-corrected chi connectivity index (χ3v) is 7.38. The number of likely N-dealkylation sites (N-methyl/N-ethyl adjacent to an activating group) is 1. The molecule has 1 saturated heterocycles. The van der Waals surface area contributed by atoms with E-state index < -0.39 is 17.7 Å². The number of Topliss-reactive ketones (excluding diaryl/α,β-unsaturated/α-hetero) is 1. The van der Waals surface area contributed by atoms with E-state index in [1.165, 1.54) is 0 Å². The number of likely N-dealkylation sites (tertiary alicyclic amines) is 1. The highest BCUT2D eigenvalue weighted by Gasteiger charge is 2.46. The second-order valence-corrected chi connectivity index (χ2v) is 9.54. The van der Waals surface area contributed by atoms with Gasteiger partial charge in [0.05, 0.1) is 11.6 Å². The highest BCUT2D eigenvalue weighted by atomic mass is 16.5. The molecule has 0 saturated carbocycles. The molecule has 0 radical (unpaired) electrons. The van der Waals surface area contributed by atoms with Gasteiger partial charge >= 0.3 is 0 Å². The second-order valence-electron chi connectivity index (χ2n) is 9.54. The molecule has 2 aliphatic rings. The minimum absolute atomic E-state index is 0.0683. The molecule has 6 nitrogen and oxygen atoms in total. The van der Waals surface area contributed by atoms with Gasteiger partial charge in [-0.05, 0) is 60.1 Å². The van der Waals surface area contributed by atoms with Crippen molar-refractivity contribution in [3.05, 3.63) is 82.9 Å². The number of amides is 1. The summed E-state index contributed by atoms with van der Waals surface area (Å²) in [5.74, 6) is -0.557. The van der Waals surface area contributed by atoms with Crippen molar-refractivity contribution in [2.75, 3.05) is 26.2 Å². The number of hydrogen-bond acceptors (Lipinski definition) is 5. The molecule has 2 atom stereocenters. The Balaban J connectivity index is 1.65. The number of aliphatic hydroxyl groups is 1. The zero-order valence-electron chi connectivity index (χ0n) is 21.0. The maximum atomic E-state index is 13.5. The molecule has 2 unspecified atom stereocenters. The van der Waals surface area contributed by atoms with E-state index in [-0.39, 0.29) is 17.4 Å². The van der Waals surface area contributed by atoms with Crippen LogP contribution in [0.15, 0.2) is 66.2 Å². The van der Waals surface area contributed by atoms with Gasteiger partial charge in [-0.3, -0.25) is 9.59 Å². The van der Waals surface area contributed by atoms with Gasteiger partial charge in [-0.1, -0.05) is 56.3 Å². The molecule has 0 aromatic heterocycles. The minimum Gasteiger partial charge on any atom is -0.507 e. The van der Waals surface area contributed by atoms with Crippen molar-refractivity contribution in [1.82, 2.24) is 9.80 Å². The molecule has 2 aliphatic heterocycles. The predicted octanol–water partition coefficient (Wildman–Crippen LogP) is 4.93. The number of ether oxygens (including phenoxy) is 1. The first-order chi connectivity index (χ1) is 17.4. The maximum absolute atomic E-state index is 13.5. The molecule has 3 aromatic rings. The van der Waals surface area contributed by atoms with E-state index in [1.54, 1.807) is 11.0 Å². The van der Waals surface area contributed by atoms with E-state index in [2.05, 4.69) is 18.7 Å². The Kier molecular flexibility index (Phi) is 6.54. The summed E-state index contributed by atoms with van der Waals surface area (Å²) < 4.78 is 5.80. The van der Waals surface area contributed by atoms with Crippen molar-refractivity contribution in [2.24, 2.45) is 0 Å². The largest absolute Gasteiger partial charge is 0.507 e. The Labute approximate surface area is 211 Å². The van der Waals surface area contributed by atoms with Crippen molar-refractivity contribution in [2.45, 2.75) is 39.3 Å². The molecule has 5 rings (SSSR count). The van der Waals surface area contributed by atoms with E-state index in [0.717, 1.165) is 47.2 Å². The third-order valence-electron chi connectivity index (χ3n) is 7.38. The first-order valence-electron chi connectivity index (χ1n) is 12.7. The molecule has 0 bridgehead atoms. The third kappa shape index (κ3) is 4.16. The van der Waals surface area contributed by atoms with Gasteiger partial charge in [0.1, 0.15) is 17.6 Å². The Hall–Kier alpha value is -3.64. The van der Waals surface area contributed by atoms with E-state index in [9.17, 15) is 14.7 Å². The molecule has 1 fully saturated rings. The summed E-state index contributed by atoms with van der Waals surface area (Å²) in [5.41, 5.74) is 2.50.